The summed E-state index contributed by atoms with van der Waals surface area (Å²) in [6.07, 6.45) is 0. The third-order valence-corrected chi connectivity index (χ3v) is 2.55. The highest BCUT2D eigenvalue weighted by Gasteiger charge is 2.11. The number of para-hydroxylation sites is 1. The maximum Gasteiger partial charge on any atom is 0.257 e. The Morgan fingerprint density at radius 3 is 2.71 bits per heavy atom. The van der Waals surface area contributed by atoms with E-state index in [-0.39, 0.29) is 23.6 Å². The van der Waals surface area contributed by atoms with E-state index in [1.807, 2.05) is 6.92 Å². The number of benzene rings is 1. The molecule has 0 aliphatic rings. The van der Waals surface area contributed by atoms with E-state index >= 15 is 0 Å². The summed E-state index contributed by atoms with van der Waals surface area (Å²) in [7, 11) is 0. The van der Waals surface area contributed by atoms with Gasteiger partial charge in [0.25, 0.3) is 5.91 Å². The lowest BCUT2D eigenvalue weighted by atomic mass is 10.1. The highest BCUT2D eigenvalue weighted by molar-refractivity contribution is 9.09. The van der Waals surface area contributed by atoms with Gasteiger partial charge < -0.3 is 10.1 Å². The maximum absolute atomic E-state index is 11.6. The topological polar surface area (TPSA) is 55.4 Å². The zero-order valence-corrected chi connectivity index (χ0v) is 11.1. The summed E-state index contributed by atoms with van der Waals surface area (Å²) in [6.45, 7) is 2.31. The predicted molar refractivity (Wildman–Crippen MR) is 68.7 cm³/mol. The van der Waals surface area contributed by atoms with Gasteiger partial charge in [-0.15, -0.1) is 0 Å². The molecule has 0 heterocycles. The molecule has 0 aliphatic heterocycles. The third-order valence-electron chi connectivity index (χ3n) is 2.04. The fourth-order valence-electron chi connectivity index (χ4n) is 1.29. The molecule has 1 rings (SSSR count). The van der Waals surface area contributed by atoms with Crippen LogP contribution in [-0.2, 0) is 4.79 Å². The van der Waals surface area contributed by atoms with Crippen LogP contribution in [-0.4, -0.2) is 30.2 Å². The summed E-state index contributed by atoms with van der Waals surface area (Å²) in [6, 6.07) is 6.87. The lowest BCUT2D eigenvalue weighted by Crippen LogP contribution is -2.28. The van der Waals surface area contributed by atoms with Crippen molar-refractivity contribution in [3.63, 3.8) is 0 Å². The first-order valence-corrected chi connectivity index (χ1v) is 6.38. The van der Waals surface area contributed by atoms with E-state index in [0.29, 0.717) is 17.9 Å². The van der Waals surface area contributed by atoms with Crippen molar-refractivity contribution in [2.75, 3.05) is 18.5 Å². The van der Waals surface area contributed by atoms with Gasteiger partial charge in [0.05, 0.1) is 10.9 Å². The van der Waals surface area contributed by atoms with Gasteiger partial charge in [-0.2, -0.15) is 0 Å². The highest BCUT2D eigenvalue weighted by Crippen LogP contribution is 2.19. The van der Waals surface area contributed by atoms with Gasteiger partial charge in [-0.25, -0.2) is 0 Å². The fraction of sp³-hybridized carbons (Fsp3) is 0.333. The first-order valence-electron chi connectivity index (χ1n) is 5.26. The molecule has 0 bridgehead atoms. The Morgan fingerprint density at radius 2 is 2.06 bits per heavy atom. The van der Waals surface area contributed by atoms with Crippen molar-refractivity contribution in [3.05, 3.63) is 29.8 Å². The summed E-state index contributed by atoms with van der Waals surface area (Å²) >= 11 is 3.11. The zero-order chi connectivity index (χ0) is 12.7. The number of rotatable bonds is 6. The van der Waals surface area contributed by atoms with E-state index in [4.69, 9.17) is 4.74 Å². The van der Waals surface area contributed by atoms with Crippen LogP contribution in [0.3, 0.4) is 0 Å². The van der Waals surface area contributed by atoms with Gasteiger partial charge in [0.1, 0.15) is 5.75 Å². The van der Waals surface area contributed by atoms with Crippen molar-refractivity contribution in [1.29, 1.82) is 0 Å². The molecule has 1 amide bonds. The van der Waals surface area contributed by atoms with Gasteiger partial charge in [0, 0.05) is 6.54 Å². The Balaban J connectivity index is 2.70. The molecule has 17 heavy (non-hydrogen) atoms. The van der Waals surface area contributed by atoms with Gasteiger partial charge in [-0.3, -0.25) is 9.59 Å². The smallest absolute Gasteiger partial charge is 0.257 e. The van der Waals surface area contributed by atoms with Crippen LogP contribution >= 0.6 is 15.9 Å². The van der Waals surface area contributed by atoms with Crippen molar-refractivity contribution in [2.45, 2.75) is 6.92 Å². The maximum atomic E-state index is 11.6. The first kappa shape index (κ1) is 13.7. The molecule has 0 aliphatic carbocycles. The third kappa shape index (κ3) is 4.19. The molecule has 4 nitrogen and oxygen atoms in total. The highest BCUT2D eigenvalue weighted by atomic mass is 79.9. The number of amides is 1. The number of hydrogen-bond acceptors (Lipinski definition) is 3. The molecule has 0 saturated carbocycles. The van der Waals surface area contributed by atoms with Gasteiger partial charge in [-0.05, 0) is 19.1 Å². The Labute approximate surface area is 108 Å². The van der Waals surface area contributed by atoms with Gasteiger partial charge >= 0.3 is 0 Å². The van der Waals surface area contributed by atoms with Crippen molar-refractivity contribution in [3.8, 4) is 5.75 Å². The summed E-state index contributed by atoms with van der Waals surface area (Å²) in [4.78, 5) is 22.8. The van der Waals surface area contributed by atoms with Crippen LogP contribution in [0.4, 0.5) is 0 Å². The lowest BCUT2D eigenvalue weighted by Gasteiger charge is -2.09. The number of hydrogen-bond donors (Lipinski definition) is 1. The van der Waals surface area contributed by atoms with E-state index in [9.17, 15) is 9.59 Å². The molecule has 92 valence electrons. The first-order chi connectivity index (χ1) is 8.19. The second-order valence-electron chi connectivity index (χ2n) is 3.30. The standard InChI is InChI=1S/C12H14BrNO3/c1-2-14-12(16)8-17-11-6-4-3-5-9(11)10(15)7-13/h3-6H,2,7-8H2,1H3,(H,14,16). The number of ketones is 1. The molecule has 0 saturated heterocycles. The molecule has 0 radical (unpaired) electrons. The average Bonchev–Trinajstić information content (AvgIpc) is 2.36. The second-order valence-corrected chi connectivity index (χ2v) is 3.86. The van der Waals surface area contributed by atoms with Crippen LogP contribution in [0.25, 0.3) is 0 Å². The SMILES string of the molecule is CCNC(=O)COc1ccccc1C(=O)CBr. The molecule has 1 aromatic rings. The Hall–Kier alpha value is -1.36. The van der Waals surface area contributed by atoms with Crippen LogP contribution in [0.1, 0.15) is 17.3 Å². The quantitative estimate of drug-likeness (QED) is 0.643. The van der Waals surface area contributed by atoms with E-state index in [1.54, 1.807) is 24.3 Å². The summed E-state index contributed by atoms with van der Waals surface area (Å²) in [5, 5.41) is 2.85. The Bertz CT molecular complexity index is 406. The number of alkyl halides is 1. The molecule has 0 unspecified atom stereocenters. The largest absolute Gasteiger partial charge is 0.483 e. The second kappa shape index (κ2) is 7.06. The normalized spacial score (nSPS) is 9.76. The molecular formula is C12H14BrNO3. The van der Waals surface area contributed by atoms with Crippen LogP contribution < -0.4 is 10.1 Å². The lowest BCUT2D eigenvalue weighted by molar-refractivity contribution is -0.122. The van der Waals surface area contributed by atoms with Gasteiger partial charge in [0.2, 0.25) is 0 Å². The van der Waals surface area contributed by atoms with Crippen LogP contribution in [0.5, 0.6) is 5.75 Å². The fourth-order valence-corrected chi connectivity index (χ4v) is 1.59. The minimum absolute atomic E-state index is 0.0727. The molecule has 1 aromatic carbocycles. The number of Topliss-reactive ketones (excluding diaryl/α,β-unsaturated/α-hetero) is 1. The molecule has 5 heteroatoms. The molecular weight excluding hydrogens is 286 g/mol. The molecule has 0 aromatic heterocycles. The summed E-state index contributed by atoms with van der Waals surface area (Å²) in [5.74, 6) is 0.160. The van der Waals surface area contributed by atoms with Crippen LogP contribution in [0.15, 0.2) is 24.3 Å². The van der Waals surface area contributed by atoms with Crippen molar-refractivity contribution < 1.29 is 14.3 Å². The number of ether oxygens (including phenoxy) is 1. The van der Waals surface area contributed by atoms with Crippen LogP contribution in [0, 0.1) is 0 Å². The molecule has 1 N–H and O–H groups in total. The van der Waals surface area contributed by atoms with Gasteiger partial charge in [0.15, 0.2) is 12.4 Å². The number of nitrogens with one attached hydrogen (secondary N) is 1. The Morgan fingerprint density at radius 1 is 1.35 bits per heavy atom. The van der Waals surface area contributed by atoms with Crippen molar-refractivity contribution in [2.24, 2.45) is 0 Å². The number of carbonyl (C=O) groups excluding carboxylic acids is 2. The van der Waals surface area contributed by atoms with E-state index in [1.165, 1.54) is 0 Å². The van der Waals surface area contributed by atoms with Crippen molar-refractivity contribution in [1.82, 2.24) is 5.32 Å². The van der Waals surface area contributed by atoms with E-state index in [0.717, 1.165) is 0 Å². The van der Waals surface area contributed by atoms with E-state index < -0.39 is 0 Å². The number of carbonyl (C=O) groups is 2. The molecule has 0 atom stereocenters. The Kier molecular flexibility index (Phi) is 5.69. The number of likely N-dealkylation sites (N-methyl/N-ethyl adjacent to an activating group) is 1. The monoisotopic (exact) mass is 299 g/mol. The van der Waals surface area contributed by atoms with E-state index in [2.05, 4.69) is 21.2 Å². The molecule has 0 fully saturated rings. The van der Waals surface area contributed by atoms with Gasteiger partial charge in [-0.1, -0.05) is 28.1 Å². The minimum atomic E-state index is -0.200. The van der Waals surface area contributed by atoms with Crippen molar-refractivity contribution >= 4 is 27.6 Å². The average molecular weight is 300 g/mol. The minimum Gasteiger partial charge on any atom is -0.483 e. The van der Waals surface area contributed by atoms with Crippen LogP contribution in [0.2, 0.25) is 0 Å². The summed E-state index contributed by atoms with van der Waals surface area (Å²) in [5.41, 5.74) is 0.480. The number of halogens is 1. The summed E-state index contributed by atoms with van der Waals surface area (Å²) < 4.78 is 5.32. The predicted octanol–water partition coefficient (Wildman–Crippen LogP) is 1.78. The molecule has 0 spiro atoms. The zero-order valence-electron chi connectivity index (χ0n) is 9.53.